The van der Waals surface area contributed by atoms with Crippen molar-refractivity contribution in [2.75, 3.05) is 13.2 Å². The van der Waals surface area contributed by atoms with Crippen LogP contribution in [0.3, 0.4) is 0 Å². The number of aliphatic hydroxyl groups is 1. The molecule has 5 rings (SSSR count). The maximum atomic E-state index is 12.7. The number of fused-ring (bicyclic) bond motifs is 1. The second-order valence-corrected chi connectivity index (χ2v) is 7.98. The summed E-state index contributed by atoms with van der Waals surface area (Å²) in [6, 6.07) is 28.2. The normalized spacial score (nSPS) is 24.8. The highest BCUT2D eigenvalue weighted by Crippen LogP contribution is 2.32. The molecule has 5 heteroatoms. The van der Waals surface area contributed by atoms with Crippen LogP contribution in [0.5, 0.6) is 0 Å². The van der Waals surface area contributed by atoms with Crippen LogP contribution in [0.25, 0.3) is 0 Å². The summed E-state index contributed by atoms with van der Waals surface area (Å²) in [4.78, 5) is 12.7. The van der Waals surface area contributed by atoms with Crippen molar-refractivity contribution in [1.29, 1.82) is 0 Å². The zero-order valence-corrected chi connectivity index (χ0v) is 17.0. The van der Waals surface area contributed by atoms with Gasteiger partial charge in [0.2, 0.25) is 0 Å². The Morgan fingerprint density at radius 1 is 0.774 bits per heavy atom. The van der Waals surface area contributed by atoms with Gasteiger partial charge < -0.3 is 19.3 Å². The van der Waals surface area contributed by atoms with Crippen LogP contribution in [0.1, 0.15) is 33.0 Å². The predicted molar refractivity (Wildman–Crippen MR) is 115 cm³/mol. The highest BCUT2D eigenvalue weighted by molar-refractivity contribution is 5.89. The van der Waals surface area contributed by atoms with E-state index in [2.05, 4.69) is 24.3 Å². The van der Waals surface area contributed by atoms with Gasteiger partial charge in [-0.1, -0.05) is 72.8 Å². The van der Waals surface area contributed by atoms with Crippen LogP contribution in [-0.2, 0) is 14.2 Å². The SMILES string of the molecule is O=C(O[C@@H]1CO[C@H]2[C@@H]1OC[C@@H]2O)c1ccc(C(c2ccccc2)c2ccccc2)cc1. The number of carbonyl (C=O) groups is 1. The molecule has 3 aromatic carbocycles. The fourth-order valence-electron chi connectivity index (χ4n) is 4.43. The first-order valence-corrected chi connectivity index (χ1v) is 10.5. The molecule has 2 saturated heterocycles. The van der Waals surface area contributed by atoms with Gasteiger partial charge in [-0.3, -0.25) is 0 Å². The summed E-state index contributed by atoms with van der Waals surface area (Å²) in [6.45, 7) is 0.443. The van der Waals surface area contributed by atoms with E-state index in [1.54, 1.807) is 12.1 Å². The molecular weight excluding hydrogens is 392 g/mol. The summed E-state index contributed by atoms with van der Waals surface area (Å²) >= 11 is 0. The van der Waals surface area contributed by atoms with Gasteiger partial charge >= 0.3 is 5.97 Å². The smallest absolute Gasteiger partial charge is 0.338 e. The third-order valence-corrected chi connectivity index (χ3v) is 5.99. The lowest BCUT2D eigenvalue weighted by atomic mass is 9.85. The Balaban J connectivity index is 1.35. The second kappa shape index (κ2) is 8.63. The fraction of sp³-hybridized carbons (Fsp3) is 0.269. The molecule has 2 fully saturated rings. The van der Waals surface area contributed by atoms with Gasteiger partial charge in [-0.15, -0.1) is 0 Å². The molecule has 0 saturated carbocycles. The van der Waals surface area contributed by atoms with Gasteiger partial charge in [-0.25, -0.2) is 4.79 Å². The largest absolute Gasteiger partial charge is 0.453 e. The third-order valence-electron chi connectivity index (χ3n) is 5.99. The van der Waals surface area contributed by atoms with Crippen molar-refractivity contribution in [2.45, 2.75) is 30.3 Å². The minimum absolute atomic E-state index is 0.0739. The van der Waals surface area contributed by atoms with Crippen LogP contribution in [0.2, 0.25) is 0 Å². The Kier molecular flexibility index (Phi) is 5.55. The number of carbonyl (C=O) groups excluding carboxylic acids is 1. The monoisotopic (exact) mass is 416 g/mol. The van der Waals surface area contributed by atoms with E-state index in [1.807, 2.05) is 48.5 Å². The Morgan fingerprint density at radius 3 is 1.94 bits per heavy atom. The van der Waals surface area contributed by atoms with Crippen molar-refractivity contribution >= 4 is 5.97 Å². The van der Waals surface area contributed by atoms with Gasteiger partial charge in [0.05, 0.1) is 18.8 Å². The minimum Gasteiger partial charge on any atom is -0.453 e. The van der Waals surface area contributed by atoms with Crippen LogP contribution >= 0.6 is 0 Å². The van der Waals surface area contributed by atoms with E-state index in [1.165, 1.54) is 11.1 Å². The zero-order chi connectivity index (χ0) is 21.2. The molecule has 0 spiro atoms. The molecule has 0 aromatic heterocycles. The lowest BCUT2D eigenvalue weighted by molar-refractivity contribution is -0.0209. The van der Waals surface area contributed by atoms with Crippen molar-refractivity contribution in [3.63, 3.8) is 0 Å². The fourth-order valence-corrected chi connectivity index (χ4v) is 4.43. The Labute approximate surface area is 181 Å². The molecule has 1 N–H and O–H groups in total. The molecule has 5 nitrogen and oxygen atoms in total. The number of esters is 1. The topological polar surface area (TPSA) is 65.0 Å². The van der Waals surface area contributed by atoms with Crippen molar-refractivity contribution < 1.29 is 24.1 Å². The molecule has 2 aliphatic heterocycles. The van der Waals surface area contributed by atoms with Gasteiger partial charge in [-0.05, 0) is 28.8 Å². The van der Waals surface area contributed by atoms with Crippen LogP contribution in [0, 0.1) is 0 Å². The standard InChI is InChI=1S/C26H24O5/c27-21-15-29-25-22(16-30-24(21)25)31-26(28)20-13-11-19(12-14-20)23(17-7-3-1-4-8-17)18-9-5-2-6-10-18/h1-14,21-25,27H,15-16H2/t21-,22+,24+,25+/m0/s1. The lowest BCUT2D eigenvalue weighted by Crippen LogP contribution is -2.34. The number of aliphatic hydroxyl groups excluding tert-OH is 1. The quantitative estimate of drug-likeness (QED) is 0.509. The summed E-state index contributed by atoms with van der Waals surface area (Å²) in [5, 5.41) is 9.85. The van der Waals surface area contributed by atoms with Crippen molar-refractivity contribution in [3.05, 3.63) is 107 Å². The molecular formula is C26H24O5. The van der Waals surface area contributed by atoms with Crippen LogP contribution in [0.4, 0.5) is 0 Å². The summed E-state index contributed by atoms with van der Waals surface area (Å²) in [5.74, 6) is -0.341. The van der Waals surface area contributed by atoms with Crippen LogP contribution < -0.4 is 0 Å². The van der Waals surface area contributed by atoms with Crippen LogP contribution in [0.15, 0.2) is 84.9 Å². The summed E-state index contributed by atoms with van der Waals surface area (Å²) in [7, 11) is 0. The molecule has 0 radical (unpaired) electrons. The van der Waals surface area contributed by atoms with Gasteiger partial charge in [0.25, 0.3) is 0 Å². The number of benzene rings is 3. The molecule has 0 bridgehead atoms. The summed E-state index contributed by atoms with van der Waals surface area (Å²) < 4.78 is 16.7. The van der Waals surface area contributed by atoms with Crippen molar-refractivity contribution in [1.82, 2.24) is 0 Å². The van der Waals surface area contributed by atoms with Gasteiger partial charge in [0.15, 0.2) is 6.10 Å². The summed E-state index contributed by atoms with van der Waals surface area (Å²) in [5.41, 5.74) is 3.95. The highest BCUT2D eigenvalue weighted by atomic mass is 16.6. The molecule has 0 aliphatic carbocycles. The molecule has 0 unspecified atom stereocenters. The van der Waals surface area contributed by atoms with Crippen LogP contribution in [-0.4, -0.2) is 48.7 Å². The van der Waals surface area contributed by atoms with E-state index < -0.39 is 30.4 Å². The maximum absolute atomic E-state index is 12.7. The van der Waals surface area contributed by atoms with Crippen molar-refractivity contribution in [3.8, 4) is 0 Å². The molecule has 4 atom stereocenters. The number of ether oxygens (including phenoxy) is 3. The van der Waals surface area contributed by atoms with E-state index >= 15 is 0 Å². The summed E-state index contributed by atoms with van der Waals surface area (Å²) in [6.07, 6.45) is -1.99. The van der Waals surface area contributed by atoms with E-state index in [0.29, 0.717) is 5.56 Å². The number of hydrogen-bond donors (Lipinski definition) is 1. The third kappa shape index (κ3) is 4.00. The zero-order valence-electron chi connectivity index (χ0n) is 17.0. The molecule has 2 heterocycles. The highest BCUT2D eigenvalue weighted by Gasteiger charge is 2.49. The van der Waals surface area contributed by atoms with Gasteiger partial charge in [-0.2, -0.15) is 0 Å². The molecule has 158 valence electrons. The van der Waals surface area contributed by atoms with E-state index in [0.717, 1.165) is 5.56 Å². The average molecular weight is 416 g/mol. The second-order valence-electron chi connectivity index (χ2n) is 7.98. The first-order valence-electron chi connectivity index (χ1n) is 10.5. The average Bonchev–Trinajstić information content (AvgIpc) is 3.39. The molecule has 31 heavy (non-hydrogen) atoms. The maximum Gasteiger partial charge on any atom is 0.338 e. The Bertz CT molecular complexity index is 979. The lowest BCUT2D eigenvalue weighted by Gasteiger charge is -2.20. The van der Waals surface area contributed by atoms with E-state index in [-0.39, 0.29) is 19.1 Å². The van der Waals surface area contributed by atoms with E-state index in [4.69, 9.17) is 14.2 Å². The Morgan fingerprint density at radius 2 is 1.32 bits per heavy atom. The number of rotatable bonds is 5. The molecule has 2 aliphatic rings. The first kappa shape index (κ1) is 19.9. The minimum atomic E-state index is -0.666. The number of hydrogen-bond acceptors (Lipinski definition) is 5. The van der Waals surface area contributed by atoms with Gasteiger partial charge in [0, 0.05) is 5.92 Å². The van der Waals surface area contributed by atoms with E-state index in [9.17, 15) is 9.90 Å². The Hall–Kier alpha value is -2.99. The predicted octanol–water partition coefficient (Wildman–Crippen LogP) is 3.55. The van der Waals surface area contributed by atoms with Crippen molar-refractivity contribution in [2.24, 2.45) is 0 Å². The van der Waals surface area contributed by atoms with Gasteiger partial charge in [0.1, 0.15) is 18.3 Å². The first-order chi connectivity index (χ1) is 15.2. The molecule has 3 aromatic rings. The molecule has 0 amide bonds.